The number of hydrogen-bond donors (Lipinski definition) is 2. The molecule has 1 amide bonds. The number of rotatable bonds is 5. The van der Waals surface area contributed by atoms with Crippen LogP contribution in [0.3, 0.4) is 0 Å². The predicted octanol–water partition coefficient (Wildman–Crippen LogP) is 2.07. The lowest BCUT2D eigenvalue weighted by molar-refractivity contribution is -0.154. The number of hydrogen-bond acceptors (Lipinski definition) is 3. The van der Waals surface area contributed by atoms with Gasteiger partial charge in [0.15, 0.2) is 0 Å². The SMILES string of the molecule is O=C(NCC1(C(=O)O)CCOCC1)C1CC1c1ccc(F)cc1F. The van der Waals surface area contributed by atoms with Gasteiger partial charge in [-0.25, -0.2) is 8.78 Å². The van der Waals surface area contributed by atoms with E-state index in [-0.39, 0.29) is 18.4 Å². The summed E-state index contributed by atoms with van der Waals surface area (Å²) in [5, 5.41) is 12.2. The van der Waals surface area contributed by atoms with Crippen molar-refractivity contribution in [1.29, 1.82) is 0 Å². The first-order valence-electron chi connectivity index (χ1n) is 7.97. The van der Waals surface area contributed by atoms with Crippen LogP contribution in [-0.2, 0) is 14.3 Å². The standard InChI is InChI=1S/C17H19F2NO4/c18-10-1-2-11(14(19)7-10)12-8-13(12)15(21)20-9-17(16(22)23)3-5-24-6-4-17/h1-2,7,12-13H,3-6,8-9H2,(H,20,21)(H,22,23). The van der Waals surface area contributed by atoms with E-state index in [1.54, 1.807) is 0 Å². The fourth-order valence-corrected chi connectivity index (χ4v) is 3.25. The van der Waals surface area contributed by atoms with Crippen molar-refractivity contribution in [1.82, 2.24) is 5.32 Å². The fraction of sp³-hybridized carbons (Fsp3) is 0.529. The molecule has 2 aliphatic rings. The Morgan fingerprint density at radius 2 is 2.00 bits per heavy atom. The van der Waals surface area contributed by atoms with Crippen LogP contribution in [0.2, 0.25) is 0 Å². The van der Waals surface area contributed by atoms with Gasteiger partial charge in [0, 0.05) is 31.7 Å². The lowest BCUT2D eigenvalue weighted by atomic mass is 9.80. The van der Waals surface area contributed by atoms with Gasteiger partial charge in [0.2, 0.25) is 5.91 Å². The Morgan fingerprint density at radius 1 is 1.29 bits per heavy atom. The number of halogens is 2. The number of carboxylic acid groups (broad SMARTS) is 1. The van der Waals surface area contributed by atoms with E-state index in [1.165, 1.54) is 12.1 Å². The molecule has 5 nitrogen and oxygen atoms in total. The zero-order valence-electron chi connectivity index (χ0n) is 13.1. The smallest absolute Gasteiger partial charge is 0.311 e. The second-order valence-electron chi connectivity index (χ2n) is 6.53. The molecular weight excluding hydrogens is 320 g/mol. The molecule has 0 radical (unpaired) electrons. The predicted molar refractivity (Wildman–Crippen MR) is 80.3 cm³/mol. The van der Waals surface area contributed by atoms with Crippen LogP contribution in [0.4, 0.5) is 8.78 Å². The monoisotopic (exact) mass is 339 g/mol. The van der Waals surface area contributed by atoms with Crippen molar-refractivity contribution in [3.05, 3.63) is 35.4 Å². The minimum Gasteiger partial charge on any atom is -0.481 e. The minimum atomic E-state index is -1.00. The molecular formula is C17H19F2NO4. The van der Waals surface area contributed by atoms with Crippen molar-refractivity contribution in [3.63, 3.8) is 0 Å². The van der Waals surface area contributed by atoms with Crippen molar-refractivity contribution in [2.75, 3.05) is 19.8 Å². The highest BCUT2D eigenvalue weighted by Crippen LogP contribution is 2.48. The third kappa shape index (κ3) is 3.26. The van der Waals surface area contributed by atoms with Crippen LogP contribution in [0.25, 0.3) is 0 Å². The average molecular weight is 339 g/mol. The molecule has 1 saturated heterocycles. The Labute approximate surface area is 138 Å². The van der Waals surface area contributed by atoms with Gasteiger partial charge < -0.3 is 15.2 Å². The number of amides is 1. The van der Waals surface area contributed by atoms with E-state index in [1.807, 2.05) is 0 Å². The first kappa shape index (κ1) is 16.8. The van der Waals surface area contributed by atoms with Crippen LogP contribution in [0, 0.1) is 23.0 Å². The summed E-state index contributed by atoms with van der Waals surface area (Å²) in [7, 11) is 0. The molecule has 24 heavy (non-hydrogen) atoms. The average Bonchev–Trinajstić information content (AvgIpc) is 3.34. The second kappa shape index (κ2) is 6.47. The largest absolute Gasteiger partial charge is 0.481 e. The summed E-state index contributed by atoms with van der Waals surface area (Å²) in [6, 6.07) is 3.34. The normalized spacial score (nSPS) is 25.1. The molecule has 3 rings (SSSR count). The van der Waals surface area contributed by atoms with Gasteiger partial charge >= 0.3 is 5.97 Å². The molecule has 1 aliphatic heterocycles. The molecule has 7 heteroatoms. The number of benzene rings is 1. The Balaban J connectivity index is 1.59. The molecule has 1 aliphatic carbocycles. The number of ether oxygens (including phenoxy) is 1. The maximum Gasteiger partial charge on any atom is 0.311 e. The third-order valence-corrected chi connectivity index (χ3v) is 4.99. The summed E-state index contributed by atoms with van der Waals surface area (Å²) >= 11 is 0. The summed E-state index contributed by atoms with van der Waals surface area (Å²) in [6.45, 7) is 0.754. The fourth-order valence-electron chi connectivity index (χ4n) is 3.25. The summed E-state index contributed by atoms with van der Waals surface area (Å²) in [5.41, 5.74) is -0.671. The van der Waals surface area contributed by atoms with Gasteiger partial charge in [0.05, 0.1) is 5.41 Å². The van der Waals surface area contributed by atoms with E-state index in [2.05, 4.69) is 5.32 Å². The Bertz CT molecular complexity index is 658. The van der Waals surface area contributed by atoms with Gasteiger partial charge in [0.1, 0.15) is 11.6 Å². The van der Waals surface area contributed by atoms with Crippen molar-refractivity contribution >= 4 is 11.9 Å². The van der Waals surface area contributed by atoms with E-state index >= 15 is 0 Å². The van der Waals surface area contributed by atoms with Crippen LogP contribution in [0.5, 0.6) is 0 Å². The molecule has 2 atom stereocenters. The van der Waals surface area contributed by atoms with Gasteiger partial charge in [-0.3, -0.25) is 9.59 Å². The molecule has 1 saturated carbocycles. The molecule has 2 fully saturated rings. The highest BCUT2D eigenvalue weighted by molar-refractivity contribution is 5.84. The maximum absolute atomic E-state index is 13.8. The summed E-state index contributed by atoms with van der Waals surface area (Å²) < 4.78 is 31.9. The molecule has 1 aromatic carbocycles. The summed E-state index contributed by atoms with van der Waals surface area (Å²) in [5.74, 6) is -3.20. The highest BCUT2D eigenvalue weighted by Gasteiger charge is 2.47. The number of carboxylic acids is 1. The maximum atomic E-state index is 13.8. The van der Waals surface area contributed by atoms with Crippen LogP contribution < -0.4 is 5.32 Å². The summed E-state index contributed by atoms with van der Waals surface area (Å²) in [4.78, 5) is 23.8. The highest BCUT2D eigenvalue weighted by atomic mass is 19.1. The van der Waals surface area contributed by atoms with Gasteiger partial charge in [-0.1, -0.05) is 6.07 Å². The van der Waals surface area contributed by atoms with Crippen LogP contribution in [0.1, 0.15) is 30.7 Å². The summed E-state index contributed by atoms with van der Waals surface area (Å²) in [6.07, 6.45) is 1.18. The first-order chi connectivity index (χ1) is 11.4. The van der Waals surface area contributed by atoms with Crippen LogP contribution in [0.15, 0.2) is 18.2 Å². The lowest BCUT2D eigenvalue weighted by Gasteiger charge is -2.33. The quantitative estimate of drug-likeness (QED) is 0.861. The van der Waals surface area contributed by atoms with Gasteiger partial charge in [-0.15, -0.1) is 0 Å². The van der Waals surface area contributed by atoms with Crippen molar-refractivity contribution < 1.29 is 28.2 Å². The Morgan fingerprint density at radius 3 is 2.62 bits per heavy atom. The number of carbonyl (C=O) groups is 2. The number of carbonyl (C=O) groups excluding carboxylic acids is 1. The molecule has 130 valence electrons. The molecule has 2 N–H and O–H groups in total. The molecule has 0 bridgehead atoms. The lowest BCUT2D eigenvalue weighted by Crippen LogP contribution is -2.46. The van der Waals surface area contributed by atoms with Gasteiger partial charge in [-0.05, 0) is 36.8 Å². The molecule has 0 aromatic heterocycles. The van der Waals surface area contributed by atoms with E-state index < -0.39 is 28.9 Å². The minimum absolute atomic E-state index is 0.0413. The molecule has 2 unspecified atom stereocenters. The van der Waals surface area contributed by atoms with Crippen molar-refractivity contribution in [3.8, 4) is 0 Å². The van der Waals surface area contributed by atoms with E-state index in [9.17, 15) is 23.5 Å². The molecule has 1 heterocycles. The third-order valence-electron chi connectivity index (χ3n) is 4.99. The van der Waals surface area contributed by atoms with E-state index in [4.69, 9.17) is 4.74 Å². The van der Waals surface area contributed by atoms with Crippen LogP contribution in [-0.4, -0.2) is 36.7 Å². The van der Waals surface area contributed by atoms with Gasteiger partial charge in [0.25, 0.3) is 0 Å². The zero-order chi connectivity index (χ0) is 17.3. The first-order valence-corrected chi connectivity index (χ1v) is 7.97. The van der Waals surface area contributed by atoms with Crippen molar-refractivity contribution in [2.24, 2.45) is 11.3 Å². The van der Waals surface area contributed by atoms with E-state index in [0.717, 1.165) is 6.07 Å². The van der Waals surface area contributed by atoms with Crippen molar-refractivity contribution in [2.45, 2.75) is 25.2 Å². The molecule has 0 spiro atoms. The Hall–Kier alpha value is -2.02. The zero-order valence-corrected chi connectivity index (χ0v) is 13.1. The van der Waals surface area contributed by atoms with Crippen LogP contribution >= 0.6 is 0 Å². The number of nitrogens with one attached hydrogen (secondary N) is 1. The Kier molecular flexibility index (Phi) is 4.54. The molecule has 1 aromatic rings. The topological polar surface area (TPSA) is 75.6 Å². The van der Waals surface area contributed by atoms with Gasteiger partial charge in [-0.2, -0.15) is 0 Å². The second-order valence-corrected chi connectivity index (χ2v) is 6.53. The number of aliphatic carboxylic acids is 1. The van der Waals surface area contributed by atoms with E-state index in [0.29, 0.717) is 38.0 Å².